The number of thioether (sulfide) groups is 1. The molecule has 1 amide bonds. The van der Waals surface area contributed by atoms with Crippen molar-refractivity contribution in [2.75, 3.05) is 18.2 Å². The predicted molar refractivity (Wildman–Crippen MR) is 116 cm³/mol. The van der Waals surface area contributed by atoms with Gasteiger partial charge in [0.1, 0.15) is 5.75 Å². The van der Waals surface area contributed by atoms with Crippen molar-refractivity contribution in [3.8, 4) is 5.75 Å². The number of nitrogens with zero attached hydrogens (tertiary/aromatic N) is 1. The van der Waals surface area contributed by atoms with Crippen molar-refractivity contribution >= 4 is 34.8 Å². The van der Waals surface area contributed by atoms with Crippen molar-refractivity contribution in [3.63, 3.8) is 0 Å². The zero-order chi connectivity index (χ0) is 21.5. The minimum absolute atomic E-state index is 0.0121. The van der Waals surface area contributed by atoms with E-state index in [-0.39, 0.29) is 22.8 Å². The fourth-order valence-corrected chi connectivity index (χ4v) is 3.42. The Labute approximate surface area is 177 Å². The normalized spacial score (nSPS) is 10.3. The van der Waals surface area contributed by atoms with Crippen LogP contribution in [0.4, 0.5) is 11.4 Å². The molecular weight excluding hydrogens is 404 g/mol. The summed E-state index contributed by atoms with van der Waals surface area (Å²) in [5.74, 6) is 0.455. The maximum absolute atomic E-state index is 12.3. The number of amides is 1. The van der Waals surface area contributed by atoms with Crippen LogP contribution in [0.1, 0.15) is 20.7 Å². The van der Waals surface area contributed by atoms with Crippen LogP contribution in [0.5, 0.6) is 5.75 Å². The number of rotatable bonds is 8. The molecule has 0 atom stereocenters. The van der Waals surface area contributed by atoms with Crippen molar-refractivity contribution in [2.24, 2.45) is 0 Å². The molecule has 0 bridgehead atoms. The van der Waals surface area contributed by atoms with Gasteiger partial charge >= 0.3 is 0 Å². The van der Waals surface area contributed by atoms with Crippen molar-refractivity contribution in [2.45, 2.75) is 4.90 Å². The number of carbonyl (C=O) groups excluding carboxylic acids is 2. The number of ketones is 1. The van der Waals surface area contributed by atoms with Gasteiger partial charge in [-0.05, 0) is 42.5 Å². The molecule has 30 heavy (non-hydrogen) atoms. The van der Waals surface area contributed by atoms with Gasteiger partial charge in [0, 0.05) is 33.8 Å². The SMILES string of the molecule is COc1cccc(C(=O)CSc2ccc(NC(=O)c3cccc([N+](=O)[O-])c3)cc2)c1. The lowest BCUT2D eigenvalue weighted by molar-refractivity contribution is -0.384. The summed E-state index contributed by atoms with van der Waals surface area (Å²) in [6.45, 7) is 0. The van der Waals surface area contributed by atoms with Crippen LogP contribution in [-0.4, -0.2) is 29.5 Å². The molecule has 0 radical (unpaired) electrons. The molecule has 3 aromatic rings. The first-order chi connectivity index (χ1) is 14.5. The van der Waals surface area contributed by atoms with Gasteiger partial charge in [-0.2, -0.15) is 0 Å². The van der Waals surface area contributed by atoms with Crippen molar-refractivity contribution in [3.05, 3.63) is 94.0 Å². The highest BCUT2D eigenvalue weighted by atomic mass is 32.2. The average molecular weight is 422 g/mol. The summed E-state index contributed by atoms with van der Waals surface area (Å²) in [6.07, 6.45) is 0. The van der Waals surface area contributed by atoms with Crippen LogP contribution in [0, 0.1) is 10.1 Å². The van der Waals surface area contributed by atoms with E-state index in [0.717, 1.165) is 4.90 Å². The number of nitro groups is 1. The van der Waals surface area contributed by atoms with E-state index in [1.807, 2.05) is 0 Å². The van der Waals surface area contributed by atoms with Gasteiger partial charge < -0.3 is 10.1 Å². The largest absolute Gasteiger partial charge is 0.497 e. The third-order valence-electron chi connectivity index (χ3n) is 4.19. The van der Waals surface area contributed by atoms with Gasteiger partial charge in [-0.25, -0.2) is 0 Å². The van der Waals surface area contributed by atoms with Crippen LogP contribution in [-0.2, 0) is 0 Å². The second kappa shape index (κ2) is 9.71. The Hall–Kier alpha value is -3.65. The molecule has 3 aromatic carbocycles. The summed E-state index contributed by atoms with van der Waals surface area (Å²) in [5.41, 5.74) is 1.19. The van der Waals surface area contributed by atoms with Gasteiger partial charge in [-0.1, -0.05) is 18.2 Å². The zero-order valence-electron chi connectivity index (χ0n) is 16.0. The van der Waals surface area contributed by atoms with Gasteiger partial charge in [-0.3, -0.25) is 19.7 Å². The Balaban J connectivity index is 1.58. The zero-order valence-corrected chi connectivity index (χ0v) is 16.8. The Kier molecular flexibility index (Phi) is 6.82. The minimum Gasteiger partial charge on any atom is -0.497 e. The molecule has 3 rings (SSSR count). The van der Waals surface area contributed by atoms with Crippen LogP contribution in [0.3, 0.4) is 0 Å². The molecule has 0 saturated carbocycles. The number of carbonyl (C=O) groups is 2. The van der Waals surface area contributed by atoms with Gasteiger partial charge in [0.25, 0.3) is 11.6 Å². The lowest BCUT2D eigenvalue weighted by Crippen LogP contribution is -2.12. The summed E-state index contributed by atoms with van der Waals surface area (Å²) in [5, 5.41) is 13.5. The van der Waals surface area contributed by atoms with E-state index in [4.69, 9.17) is 4.74 Å². The highest BCUT2D eigenvalue weighted by molar-refractivity contribution is 8.00. The molecular formula is C22H18N2O5S. The maximum atomic E-state index is 12.3. The molecule has 0 aliphatic heterocycles. The first-order valence-corrected chi connectivity index (χ1v) is 9.91. The number of ether oxygens (including phenoxy) is 1. The Bertz CT molecular complexity index is 1080. The summed E-state index contributed by atoms with van der Waals surface area (Å²) in [7, 11) is 1.55. The Morgan fingerprint density at radius 2 is 1.70 bits per heavy atom. The van der Waals surface area contributed by atoms with Crippen molar-refractivity contribution in [1.29, 1.82) is 0 Å². The first kappa shape index (κ1) is 21.1. The maximum Gasteiger partial charge on any atom is 0.270 e. The fraction of sp³-hybridized carbons (Fsp3) is 0.0909. The Morgan fingerprint density at radius 1 is 1.00 bits per heavy atom. The molecule has 0 aliphatic carbocycles. The number of nitrogens with one attached hydrogen (secondary N) is 1. The number of Topliss-reactive ketones (excluding diaryl/α,β-unsaturated/α-hetero) is 1. The lowest BCUT2D eigenvalue weighted by Gasteiger charge is -2.07. The van der Waals surface area contributed by atoms with Crippen LogP contribution in [0.25, 0.3) is 0 Å². The summed E-state index contributed by atoms with van der Waals surface area (Å²) in [6, 6.07) is 19.6. The molecule has 8 heteroatoms. The number of hydrogen-bond acceptors (Lipinski definition) is 6. The number of hydrogen-bond donors (Lipinski definition) is 1. The highest BCUT2D eigenvalue weighted by Crippen LogP contribution is 2.23. The molecule has 0 fully saturated rings. The smallest absolute Gasteiger partial charge is 0.270 e. The molecule has 0 unspecified atom stereocenters. The molecule has 0 aromatic heterocycles. The topological polar surface area (TPSA) is 98.5 Å². The molecule has 152 valence electrons. The summed E-state index contributed by atoms with van der Waals surface area (Å²) >= 11 is 1.39. The highest BCUT2D eigenvalue weighted by Gasteiger charge is 2.12. The first-order valence-electron chi connectivity index (χ1n) is 8.92. The molecule has 0 aliphatic rings. The van der Waals surface area contributed by atoms with Gasteiger partial charge in [0.2, 0.25) is 0 Å². The van der Waals surface area contributed by atoms with Gasteiger partial charge in [0.15, 0.2) is 5.78 Å². The molecule has 0 spiro atoms. The number of anilines is 1. The van der Waals surface area contributed by atoms with Crippen LogP contribution in [0.15, 0.2) is 77.7 Å². The van der Waals surface area contributed by atoms with E-state index < -0.39 is 10.8 Å². The number of benzene rings is 3. The molecule has 0 saturated heterocycles. The standard InChI is InChI=1S/C22H18N2O5S/c1-29-19-7-3-4-15(13-19)21(25)14-30-20-10-8-17(9-11-20)23-22(26)16-5-2-6-18(12-16)24(27)28/h2-13H,14H2,1H3,(H,23,26). The summed E-state index contributed by atoms with van der Waals surface area (Å²) < 4.78 is 5.14. The molecule has 1 N–H and O–H groups in total. The number of nitro benzene ring substituents is 1. The van der Waals surface area contributed by atoms with E-state index in [0.29, 0.717) is 17.0 Å². The van der Waals surface area contributed by atoms with Gasteiger partial charge in [-0.15, -0.1) is 11.8 Å². The van der Waals surface area contributed by atoms with E-state index in [1.165, 1.54) is 36.0 Å². The second-order valence-corrected chi connectivity index (χ2v) is 7.28. The van der Waals surface area contributed by atoms with Crippen LogP contribution in [0.2, 0.25) is 0 Å². The number of methoxy groups -OCH3 is 1. The van der Waals surface area contributed by atoms with Gasteiger partial charge in [0.05, 0.1) is 17.8 Å². The third kappa shape index (κ3) is 5.45. The third-order valence-corrected chi connectivity index (χ3v) is 5.21. The predicted octanol–water partition coefficient (Wildman–Crippen LogP) is 4.83. The second-order valence-electron chi connectivity index (χ2n) is 6.23. The lowest BCUT2D eigenvalue weighted by atomic mass is 10.1. The van der Waals surface area contributed by atoms with Crippen molar-refractivity contribution in [1.82, 2.24) is 0 Å². The van der Waals surface area contributed by atoms with E-state index in [1.54, 1.807) is 55.6 Å². The quantitative estimate of drug-likeness (QED) is 0.242. The van der Waals surface area contributed by atoms with E-state index in [2.05, 4.69) is 5.32 Å². The summed E-state index contributed by atoms with van der Waals surface area (Å²) in [4.78, 5) is 35.8. The van der Waals surface area contributed by atoms with Crippen LogP contribution >= 0.6 is 11.8 Å². The number of non-ortho nitro benzene ring substituents is 1. The fourth-order valence-electron chi connectivity index (χ4n) is 2.63. The van der Waals surface area contributed by atoms with Crippen molar-refractivity contribution < 1.29 is 19.2 Å². The minimum atomic E-state index is -0.546. The monoisotopic (exact) mass is 422 g/mol. The Morgan fingerprint density at radius 3 is 2.40 bits per heavy atom. The average Bonchev–Trinajstić information content (AvgIpc) is 2.78. The molecule has 0 heterocycles. The molecule has 7 nitrogen and oxygen atoms in total. The van der Waals surface area contributed by atoms with E-state index in [9.17, 15) is 19.7 Å². The van der Waals surface area contributed by atoms with Crippen LogP contribution < -0.4 is 10.1 Å². The van der Waals surface area contributed by atoms with E-state index >= 15 is 0 Å².